The first kappa shape index (κ1) is 5.69. The molecule has 0 radical (unpaired) electrons. The molecule has 2 fully saturated rings. The highest BCUT2D eigenvalue weighted by Gasteiger charge is 2.50. The van der Waals surface area contributed by atoms with Crippen LogP contribution in [0.15, 0.2) is 0 Å². The van der Waals surface area contributed by atoms with Crippen LogP contribution in [0, 0.1) is 0 Å². The lowest BCUT2D eigenvalue weighted by Crippen LogP contribution is -2.38. The summed E-state index contributed by atoms with van der Waals surface area (Å²) in [4.78, 5) is 0. The minimum atomic E-state index is 0.245. The summed E-state index contributed by atoms with van der Waals surface area (Å²) in [5.74, 6) is 0. The van der Waals surface area contributed by atoms with Crippen LogP contribution in [0.1, 0.15) is 12.8 Å². The lowest BCUT2D eigenvalue weighted by molar-refractivity contribution is -0.889. The molecule has 0 aromatic carbocycles. The second-order valence-corrected chi connectivity index (χ2v) is 4.09. The molecule has 2 rings (SSSR count). The molecule has 2 heterocycles. The molecule has 0 spiro atoms. The molecule has 9 heavy (non-hydrogen) atoms. The zero-order valence-electron chi connectivity index (χ0n) is 6.06. The maximum atomic E-state index is 6.07. The maximum Gasteiger partial charge on any atom is 0.0972 e. The third-order valence-electron chi connectivity index (χ3n) is 3.00. The monoisotopic (exact) mass is 127 g/mol. The number of rotatable bonds is 0. The average Bonchev–Trinajstić information content (AvgIpc) is 2.19. The van der Waals surface area contributed by atoms with Gasteiger partial charge in [-0.05, 0) is 0 Å². The smallest absolute Gasteiger partial charge is 0.0972 e. The molecule has 0 aliphatic carbocycles. The van der Waals surface area contributed by atoms with Crippen molar-refractivity contribution in [2.75, 3.05) is 26.7 Å². The SMILES string of the molecule is C[N+]12CCC(N)(CC1)C2. The number of fused-ring (bicyclic) bond motifs is 2. The molecule has 2 aliphatic rings. The molecule has 0 aromatic rings. The Morgan fingerprint density at radius 3 is 2.00 bits per heavy atom. The van der Waals surface area contributed by atoms with Crippen LogP contribution < -0.4 is 5.73 Å². The van der Waals surface area contributed by atoms with E-state index in [1.165, 1.54) is 37.0 Å². The maximum absolute atomic E-state index is 6.07. The van der Waals surface area contributed by atoms with Gasteiger partial charge in [0.1, 0.15) is 0 Å². The van der Waals surface area contributed by atoms with Gasteiger partial charge in [0.2, 0.25) is 0 Å². The van der Waals surface area contributed by atoms with Gasteiger partial charge in [-0.2, -0.15) is 0 Å². The Labute approximate surface area is 56.2 Å². The fraction of sp³-hybridized carbons (Fsp3) is 1.00. The van der Waals surface area contributed by atoms with E-state index < -0.39 is 0 Å². The van der Waals surface area contributed by atoms with Gasteiger partial charge in [0.05, 0.1) is 32.2 Å². The van der Waals surface area contributed by atoms with Crippen LogP contribution in [-0.4, -0.2) is 36.7 Å². The summed E-state index contributed by atoms with van der Waals surface area (Å²) in [5, 5.41) is 0. The molecule has 0 aromatic heterocycles. The first-order chi connectivity index (χ1) is 4.12. The van der Waals surface area contributed by atoms with E-state index in [2.05, 4.69) is 7.05 Å². The molecule has 0 saturated carbocycles. The Morgan fingerprint density at radius 1 is 1.33 bits per heavy atom. The molecule has 2 nitrogen and oxygen atoms in total. The van der Waals surface area contributed by atoms with E-state index in [4.69, 9.17) is 5.73 Å². The molecule has 2 saturated heterocycles. The van der Waals surface area contributed by atoms with Crippen LogP contribution in [0.25, 0.3) is 0 Å². The van der Waals surface area contributed by atoms with Crippen molar-refractivity contribution in [3.63, 3.8) is 0 Å². The van der Waals surface area contributed by atoms with Crippen molar-refractivity contribution in [3.8, 4) is 0 Å². The third kappa shape index (κ3) is 0.700. The number of hydrogen-bond donors (Lipinski definition) is 1. The number of nitrogens with two attached hydrogens (primary N) is 1. The molecule has 52 valence electrons. The number of quaternary nitrogens is 1. The van der Waals surface area contributed by atoms with Gasteiger partial charge in [0, 0.05) is 12.8 Å². The highest BCUT2D eigenvalue weighted by Crippen LogP contribution is 2.34. The lowest BCUT2D eigenvalue weighted by Gasteiger charge is -2.25. The number of likely N-dealkylation sites (N-methyl/N-ethyl adjacent to an activating group) is 1. The van der Waals surface area contributed by atoms with Gasteiger partial charge >= 0.3 is 0 Å². The first-order valence-corrected chi connectivity index (χ1v) is 3.75. The van der Waals surface area contributed by atoms with Crippen molar-refractivity contribution in [2.24, 2.45) is 5.73 Å². The van der Waals surface area contributed by atoms with Crippen molar-refractivity contribution in [2.45, 2.75) is 18.4 Å². The second-order valence-electron chi connectivity index (χ2n) is 4.09. The minimum absolute atomic E-state index is 0.245. The topological polar surface area (TPSA) is 26.0 Å². The highest BCUT2D eigenvalue weighted by atomic mass is 15.4. The highest BCUT2D eigenvalue weighted by molar-refractivity contribution is 4.93. The Kier molecular flexibility index (Phi) is 0.837. The van der Waals surface area contributed by atoms with Crippen LogP contribution >= 0.6 is 0 Å². The van der Waals surface area contributed by atoms with Crippen LogP contribution in [-0.2, 0) is 0 Å². The molecule has 0 atom stereocenters. The van der Waals surface area contributed by atoms with E-state index in [0.29, 0.717) is 0 Å². The van der Waals surface area contributed by atoms with E-state index in [0.717, 1.165) is 0 Å². The van der Waals surface area contributed by atoms with Crippen molar-refractivity contribution in [1.29, 1.82) is 0 Å². The summed E-state index contributed by atoms with van der Waals surface area (Å²) < 4.78 is 1.25. The fourth-order valence-electron chi connectivity index (χ4n) is 2.30. The predicted octanol–water partition coefficient (Wildman–Crippen LogP) is -0.0621. The van der Waals surface area contributed by atoms with Crippen molar-refractivity contribution >= 4 is 0 Å². The molecular weight excluding hydrogens is 112 g/mol. The Balaban J connectivity index is 2.25. The summed E-state index contributed by atoms with van der Waals surface area (Å²) in [6, 6.07) is 0. The van der Waals surface area contributed by atoms with Crippen molar-refractivity contribution in [3.05, 3.63) is 0 Å². The molecule has 0 amide bonds. The molecule has 0 unspecified atom stereocenters. The van der Waals surface area contributed by atoms with E-state index in [1.54, 1.807) is 0 Å². The van der Waals surface area contributed by atoms with Gasteiger partial charge in [-0.15, -0.1) is 0 Å². The fourth-order valence-corrected chi connectivity index (χ4v) is 2.30. The van der Waals surface area contributed by atoms with Gasteiger partial charge in [-0.3, -0.25) is 0 Å². The normalized spacial score (nSPS) is 56.7. The Morgan fingerprint density at radius 2 is 1.89 bits per heavy atom. The predicted molar refractivity (Wildman–Crippen MR) is 36.9 cm³/mol. The van der Waals surface area contributed by atoms with Crippen molar-refractivity contribution < 1.29 is 4.48 Å². The Hall–Kier alpha value is -0.0800. The second kappa shape index (κ2) is 1.32. The summed E-state index contributed by atoms with van der Waals surface area (Å²) in [5.41, 5.74) is 6.31. The number of hydrogen-bond acceptors (Lipinski definition) is 1. The molecular formula is C7H15N2+. The quantitative estimate of drug-likeness (QED) is 0.453. The zero-order valence-corrected chi connectivity index (χ0v) is 6.06. The third-order valence-corrected chi connectivity index (χ3v) is 3.00. The summed E-state index contributed by atoms with van der Waals surface area (Å²) in [6.07, 6.45) is 2.51. The van der Waals surface area contributed by atoms with E-state index in [9.17, 15) is 0 Å². The van der Waals surface area contributed by atoms with Crippen LogP contribution in [0.3, 0.4) is 0 Å². The molecule has 2 bridgehead atoms. The average molecular weight is 127 g/mol. The standard InChI is InChI=1S/C7H15N2/c1-9-4-2-7(8,6-9)3-5-9/h2-6,8H2,1H3/q+1. The van der Waals surface area contributed by atoms with Crippen molar-refractivity contribution in [1.82, 2.24) is 0 Å². The Bertz CT molecular complexity index is 118. The van der Waals surface area contributed by atoms with Gasteiger partial charge in [-0.25, -0.2) is 0 Å². The zero-order chi connectivity index (χ0) is 6.54. The van der Waals surface area contributed by atoms with Gasteiger partial charge in [-0.1, -0.05) is 0 Å². The largest absolute Gasteiger partial charge is 0.324 e. The molecule has 2 N–H and O–H groups in total. The van der Waals surface area contributed by atoms with E-state index >= 15 is 0 Å². The van der Waals surface area contributed by atoms with Crippen LogP contribution in [0.2, 0.25) is 0 Å². The van der Waals surface area contributed by atoms with Gasteiger partial charge < -0.3 is 10.2 Å². The van der Waals surface area contributed by atoms with Gasteiger partial charge in [0.15, 0.2) is 0 Å². The summed E-state index contributed by atoms with van der Waals surface area (Å²) in [6.45, 7) is 3.86. The number of nitrogens with zero attached hydrogens (tertiary/aromatic N) is 1. The van der Waals surface area contributed by atoms with Gasteiger partial charge in [0.25, 0.3) is 0 Å². The van der Waals surface area contributed by atoms with E-state index in [-0.39, 0.29) is 5.54 Å². The minimum Gasteiger partial charge on any atom is -0.324 e. The molecule has 2 heteroatoms. The first-order valence-electron chi connectivity index (χ1n) is 3.75. The number of piperidine rings is 1. The lowest BCUT2D eigenvalue weighted by atomic mass is 9.97. The molecule has 2 aliphatic heterocycles. The van der Waals surface area contributed by atoms with E-state index in [1.807, 2.05) is 0 Å². The van der Waals surface area contributed by atoms with Crippen LogP contribution in [0.5, 0.6) is 0 Å². The summed E-state index contributed by atoms with van der Waals surface area (Å²) in [7, 11) is 2.32. The summed E-state index contributed by atoms with van der Waals surface area (Å²) >= 11 is 0. The van der Waals surface area contributed by atoms with Crippen LogP contribution in [0.4, 0.5) is 0 Å².